The molecule has 0 bridgehead atoms. The highest BCUT2D eigenvalue weighted by Crippen LogP contribution is 2.09. The Morgan fingerprint density at radius 1 is 1.20 bits per heavy atom. The summed E-state index contributed by atoms with van der Waals surface area (Å²) in [5, 5.41) is 0. The molecule has 0 aliphatic heterocycles. The second-order valence-electron chi connectivity index (χ2n) is 5.04. The Hall–Kier alpha value is -2.13. The summed E-state index contributed by atoms with van der Waals surface area (Å²) in [7, 11) is 0. The Morgan fingerprint density at radius 3 is 2.50 bits per heavy atom. The monoisotopic (exact) mass is 268 g/mol. The molecule has 1 unspecified atom stereocenters. The predicted molar refractivity (Wildman–Crippen MR) is 84.6 cm³/mol. The summed E-state index contributed by atoms with van der Waals surface area (Å²) in [5.41, 5.74) is 8.82. The second kappa shape index (κ2) is 6.35. The van der Waals surface area contributed by atoms with Crippen LogP contribution in [-0.4, -0.2) is 11.1 Å². The Labute approximate surface area is 119 Å². The van der Waals surface area contributed by atoms with Crippen LogP contribution in [0.3, 0.4) is 0 Å². The fraction of sp³-hybridized carbons (Fsp3) is 0.235. The van der Waals surface area contributed by atoms with Crippen LogP contribution < -0.4 is 11.3 Å². The van der Waals surface area contributed by atoms with E-state index in [0.717, 1.165) is 11.1 Å². The molecule has 0 aliphatic carbocycles. The van der Waals surface area contributed by atoms with Gasteiger partial charge in [-0.15, -0.1) is 0 Å². The molecule has 0 saturated carbocycles. The number of nitrogens with zero attached hydrogens (tertiary/aromatic N) is 1. The van der Waals surface area contributed by atoms with Crippen LogP contribution in [0.4, 0.5) is 0 Å². The molecule has 0 radical (unpaired) electrons. The van der Waals surface area contributed by atoms with Crippen LogP contribution in [0.1, 0.15) is 29.7 Å². The third kappa shape index (κ3) is 3.45. The highest BCUT2D eigenvalue weighted by molar-refractivity contribution is 5.69. The SMILES string of the molecule is Cc1cccc(/C=C/c2ccn(C(C)CN)c(=O)c2)c1. The van der Waals surface area contributed by atoms with Crippen molar-refractivity contribution in [2.75, 3.05) is 6.54 Å². The Bertz CT molecular complexity index is 671. The van der Waals surface area contributed by atoms with Gasteiger partial charge < -0.3 is 10.3 Å². The van der Waals surface area contributed by atoms with Gasteiger partial charge in [-0.3, -0.25) is 4.79 Å². The van der Waals surface area contributed by atoms with Gasteiger partial charge >= 0.3 is 0 Å². The minimum Gasteiger partial charge on any atom is -0.328 e. The van der Waals surface area contributed by atoms with E-state index in [0.29, 0.717) is 6.54 Å². The van der Waals surface area contributed by atoms with Crippen LogP contribution in [-0.2, 0) is 0 Å². The first-order valence-corrected chi connectivity index (χ1v) is 6.77. The third-order valence-corrected chi connectivity index (χ3v) is 3.30. The first-order valence-electron chi connectivity index (χ1n) is 6.77. The lowest BCUT2D eigenvalue weighted by Crippen LogP contribution is -2.26. The molecule has 3 heteroatoms. The van der Waals surface area contributed by atoms with Crippen LogP contribution in [0.2, 0.25) is 0 Å². The number of nitrogens with two attached hydrogens (primary N) is 1. The lowest BCUT2D eigenvalue weighted by molar-refractivity contribution is 0.540. The van der Waals surface area contributed by atoms with E-state index in [1.807, 2.05) is 37.3 Å². The molecule has 1 heterocycles. The van der Waals surface area contributed by atoms with Gasteiger partial charge in [0, 0.05) is 24.8 Å². The van der Waals surface area contributed by atoms with Gasteiger partial charge in [-0.1, -0.05) is 42.0 Å². The average molecular weight is 268 g/mol. The fourth-order valence-electron chi connectivity index (χ4n) is 2.05. The van der Waals surface area contributed by atoms with Crippen molar-refractivity contribution in [2.45, 2.75) is 19.9 Å². The Morgan fingerprint density at radius 2 is 1.90 bits per heavy atom. The van der Waals surface area contributed by atoms with E-state index in [4.69, 9.17) is 5.73 Å². The van der Waals surface area contributed by atoms with Crippen LogP contribution >= 0.6 is 0 Å². The molecule has 3 nitrogen and oxygen atoms in total. The number of aryl methyl sites for hydroxylation is 1. The highest BCUT2D eigenvalue weighted by Gasteiger charge is 2.03. The zero-order valence-electron chi connectivity index (χ0n) is 11.9. The molecule has 0 fully saturated rings. The maximum absolute atomic E-state index is 12.0. The molecule has 20 heavy (non-hydrogen) atoms. The maximum Gasteiger partial charge on any atom is 0.251 e. The number of hydrogen-bond donors (Lipinski definition) is 1. The number of rotatable bonds is 4. The number of hydrogen-bond acceptors (Lipinski definition) is 2. The lowest BCUT2D eigenvalue weighted by Gasteiger charge is -2.12. The average Bonchev–Trinajstić information content (AvgIpc) is 2.44. The van der Waals surface area contributed by atoms with E-state index in [9.17, 15) is 4.79 Å². The molecule has 1 aromatic heterocycles. The number of benzene rings is 1. The van der Waals surface area contributed by atoms with E-state index in [1.165, 1.54) is 5.56 Å². The molecule has 2 N–H and O–H groups in total. The third-order valence-electron chi connectivity index (χ3n) is 3.30. The van der Waals surface area contributed by atoms with Crippen molar-refractivity contribution in [1.82, 2.24) is 4.57 Å². The van der Waals surface area contributed by atoms with Crippen molar-refractivity contribution in [2.24, 2.45) is 5.73 Å². The van der Waals surface area contributed by atoms with Crippen molar-refractivity contribution in [3.8, 4) is 0 Å². The predicted octanol–water partition coefficient (Wildman–Crippen LogP) is 2.85. The van der Waals surface area contributed by atoms with Crippen LogP contribution in [0.15, 0.2) is 47.4 Å². The molecule has 0 spiro atoms. The molecule has 0 aliphatic rings. The van der Waals surface area contributed by atoms with Gasteiger partial charge in [-0.05, 0) is 31.0 Å². The van der Waals surface area contributed by atoms with Crippen LogP contribution in [0, 0.1) is 6.92 Å². The Balaban J connectivity index is 2.23. The van der Waals surface area contributed by atoms with E-state index in [2.05, 4.69) is 19.1 Å². The summed E-state index contributed by atoms with van der Waals surface area (Å²) in [5.74, 6) is 0. The van der Waals surface area contributed by atoms with E-state index < -0.39 is 0 Å². The molecular formula is C17H20N2O. The van der Waals surface area contributed by atoms with Gasteiger partial charge in [0.1, 0.15) is 0 Å². The van der Waals surface area contributed by atoms with Crippen molar-refractivity contribution >= 4 is 12.2 Å². The topological polar surface area (TPSA) is 48.0 Å². The molecule has 104 valence electrons. The minimum atomic E-state index is -0.0191. The molecule has 1 atom stereocenters. The normalized spacial score (nSPS) is 12.8. The van der Waals surface area contributed by atoms with Crippen LogP contribution in [0.25, 0.3) is 12.2 Å². The maximum atomic E-state index is 12.0. The standard InChI is InChI=1S/C17H20N2O/c1-13-4-3-5-15(10-13)6-7-16-8-9-19(14(2)12-18)17(20)11-16/h3-11,14H,12,18H2,1-2H3/b7-6+. The summed E-state index contributed by atoms with van der Waals surface area (Å²) in [6.45, 7) is 4.45. The first kappa shape index (κ1) is 14.3. The quantitative estimate of drug-likeness (QED) is 0.927. The summed E-state index contributed by atoms with van der Waals surface area (Å²) in [4.78, 5) is 12.0. The zero-order chi connectivity index (χ0) is 14.5. The van der Waals surface area contributed by atoms with Crippen molar-refractivity contribution < 1.29 is 0 Å². The molecule has 2 aromatic rings. The van der Waals surface area contributed by atoms with E-state index in [1.54, 1.807) is 16.8 Å². The largest absolute Gasteiger partial charge is 0.328 e. The highest BCUT2D eigenvalue weighted by atomic mass is 16.1. The Kier molecular flexibility index (Phi) is 4.53. The van der Waals surface area contributed by atoms with Gasteiger partial charge in [-0.25, -0.2) is 0 Å². The fourth-order valence-corrected chi connectivity index (χ4v) is 2.05. The van der Waals surface area contributed by atoms with Crippen molar-refractivity contribution in [3.05, 3.63) is 69.6 Å². The van der Waals surface area contributed by atoms with Gasteiger partial charge in [-0.2, -0.15) is 0 Å². The van der Waals surface area contributed by atoms with E-state index in [-0.39, 0.29) is 11.6 Å². The van der Waals surface area contributed by atoms with Gasteiger partial charge in [0.25, 0.3) is 5.56 Å². The molecule has 1 aromatic carbocycles. The first-order chi connectivity index (χ1) is 9.60. The summed E-state index contributed by atoms with van der Waals surface area (Å²) >= 11 is 0. The van der Waals surface area contributed by atoms with Crippen molar-refractivity contribution in [3.63, 3.8) is 0 Å². The van der Waals surface area contributed by atoms with Crippen molar-refractivity contribution in [1.29, 1.82) is 0 Å². The number of pyridine rings is 1. The summed E-state index contributed by atoms with van der Waals surface area (Å²) in [6, 6.07) is 11.8. The summed E-state index contributed by atoms with van der Waals surface area (Å²) in [6.07, 6.45) is 5.77. The van der Waals surface area contributed by atoms with Gasteiger partial charge in [0.05, 0.1) is 0 Å². The smallest absolute Gasteiger partial charge is 0.251 e. The number of aromatic nitrogens is 1. The lowest BCUT2D eigenvalue weighted by atomic mass is 10.1. The second-order valence-corrected chi connectivity index (χ2v) is 5.04. The minimum absolute atomic E-state index is 0.0191. The molecule has 0 amide bonds. The molecule has 2 rings (SSSR count). The van der Waals surface area contributed by atoms with E-state index >= 15 is 0 Å². The molecular weight excluding hydrogens is 248 g/mol. The van der Waals surface area contributed by atoms with Crippen LogP contribution in [0.5, 0.6) is 0 Å². The summed E-state index contributed by atoms with van der Waals surface area (Å²) < 4.78 is 1.66. The van der Waals surface area contributed by atoms with Gasteiger partial charge in [0.15, 0.2) is 0 Å². The van der Waals surface area contributed by atoms with Gasteiger partial charge in [0.2, 0.25) is 0 Å². The molecule has 0 saturated heterocycles. The zero-order valence-corrected chi connectivity index (χ0v) is 11.9.